The molecule has 0 radical (unpaired) electrons. The molecule has 4 rings (SSSR count). The van der Waals surface area contributed by atoms with E-state index in [9.17, 15) is 19.2 Å². The highest BCUT2D eigenvalue weighted by atomic mass is 32.1. The number of carboxylic acid groups (broad SMARTS) is 1. The van der Waals surface area contributed by atoms with Crippen LogP contribution < -0.4 is 0 Å². The minimum Gasteiger partial charge on any atom is -0.481 e. The normalized spacial score (nSPS) is 10.5. The summed E-state index contributed by atoms with van der Waals surface area (Å²) in [7, 11) is 0. The van der Waals surface area contributed by atoms with Crippen LogP contribution in [0.3, 0.4) is 0 Å². The first-order valence-electron chi connectivity index (χ1n) is 10.5. The molecule has 0 amide bonds. The molecule has 0 aromatic carbocycles. The molecule has 0 aliphatic heterocycles. The molecule has 4 heterocycles. The molecule has 0 aliphatic rings. The number of ether oxygens (including phenoxy) is 1. The number of hydrogen-bond donors (Lipinski definition) is 1. The molecule has 0 spiro atoms. The Morgan fingerprint density at radius 3 is 1.74 bits per heavy atom. The number of hydrogen-bond acceptors (Lipinski definition) is 9. The zero-order valence-corrected chi connectivity index (χ0v) is 20.5. The van der Waals surface area contributed by atoms with Crippen LogP contribution >= 0.6 is 22.7 Å². The molecule has 0 saturated heterocycles. The zero-order chi connectivity index (χ0) is 25.4. The van der Waals surface area contributed by atoms with E-state index in [-0.39, 0.29) is 42.2 Å². The Bertz CT molecular complexity index is 1280. The maximum atomic E-state index is 12.0. The molecule has 4 aromatic rings. The minimum absolute atomic E-state index is 0.0675. The van der Waals surface area contributed by atoms with Gasteiger partial charge < -0.3 is 18.7 Å². The number of rotatable bonds is 9. The molecule has 0 bridgehead atoms. The molecular weight excluding hydrogens is 492 g/mol. The van der Waals surface area contributed by atoms with Gasteiger partial charge in [-0.1, -0.05) is 0 Å². The van der Waals surface area contributed by atoms with E-state index in [1.807, 2.05) is 0 Å². The van der Waals surface area contributed by atoms with Gasteiger partial charge in [0.15, 0.2) is 11.5 Å². The average Bonchev–Trinajstić information content (AvgIpc) is 3.60. The Balaban J connectivity index is 0.000000198. The Morgan fingerprint density at radius 1 is 0.857 bits per heavy atom. The van der Waals surface area contributed by atoms with Crippen LogP contribution in [-0.2, 0) is 27.2 Å². The number of ketones is 2. The van der Waals surface area contributed by atoms with Crippen LogP contribution in [0.15, 0.2) is 68.5 Å². The SMILES string of the molecule is CC(C)OC(=O)Cc1csc(C(=O)c2ccco2)c1.O=C(O)Cc1csc(C(=O)c2ccco2)c1. The summed E-state index contributed by atoms with van der Waals surface area (Å²) >= 11 is 2.52. The lowest BCUT2D eigenvalue weighted by Crippen LogP contribution is -2.13. The fraction of sp³-hybridized carbons (Fsp3) is 0.200. The summed E-state index contributed by atoms with van der Waals surface area (Å²) in [6.45, 7) is 3.61. The molecule has 8 nitrogen and oxygen atoms in total. The number of esters is 1. The Labute approximate surface area is 208 Å². The number of carbonyl (C=O) groups is 4. The number of furan rings is 2. The summed E-state index contributed by atoms with van der Waals surface area (Å²) in [4.78, 5) is 46.8. The second kappa shape index (κ2) is 12.1. The van der Waals surface area contributed by atoms with Crippen molar-refractivity contribution in [1.82, 2.24) is 0 Å². The molecule has 35 heavy (non-hydrogen) atoms. The molecule has 4 aromatic heterocycles. The van der Waals surface area contributed by atoms with Gasteiger partial charge in [-0.2, -0.15) is 0 Å². The lowest BCUT2D eigenvalue weighted by atomic mass is 10.2. The molecule has 10 heteroatoms. The van der Waals surface area contributed by atoms with Crippen LogP contribution in [0.25, 0.3) is 0 Å². The van der Waals surface area contributed by atoms with Crippen molar-refractivity contribution in [2.75, 3.05) is 0 Å². The lowest BCUT2D eigenvalue weighted by molar-refractivity contribution is -0.146. The predicted molar refractivity (Wildman–Crippen MR) is 129 cm³/mol. The van der Waals surface area contributed by atoms with Crippen LogP contribution in [0.4, 0.5) is 0 Å². The van der Waals surface area contributed by atoms with Gasteiger partial charge >= 0.3 is 11.9 Å². The van der Waals surface area contributed by atoms with E-state index in [0.717, 1.165) is 5.56 Å². The summed E-state index contributed by atoms with van der Waals surface area (Å²) in [5, 5.41) is 12.1. The highest BCUT2D eigenvalue weighted by Gasteiger charge is 2.16. The Morgan fingerprint density at radius 2 is 1.34 bits per heavy atom. The van der Waals surface area contributed by atoms with Gasteiger partial charge in [-0.05, 0) is 72.1 Å². The molecule has 0 fully saturated rings. The quantitative estimate of drug-likeness (QED) is 0.237. The van der Waals surface area contributed by atoms with E-state index in [2.05, 4.69) is 0 Å². The first kappa shape index (κ1) is 25.9. The van der Waals surface area contributed by atoms with Crippen LogP contribution in [0, 0.1) is 0 Å². The van der Waals surface area contributed by atoms with Crippen molar-refractivity contribution in [3.63, 3.8) is 0 Å². The largest absolute Gasteiger partial charge is 0.481 e. The molecule has 0 saturated carbocycles. The Kier molecular flexibility index (Phi) is 8.93. The minimum atomic E-state index is -0.908. The average molecular weight is 515 g/mol. The number of thiophene rings is 2. The third kappa shape index (κ3) is 7.62. The van der Waals surface area contributed by atoms with Crippen molar-refractivity contribution in [3.8, 4) is 0 Å². The molecule has 0 unspecified atom stereocenters. The first-order chi connectivity index (χ1) is 16.7. The van der Waals surface area contributed by atoms with Crippen molar-refractivity contribution >= 4 is 46.2 Å². The molecule has 0 aliphatic carbocycles. The van der Waals surface area contributed by atoms with Crippen molar-refractivity contribution in [2.24, 2.45) is 0 Å². The maximum Gasteiger partial charge on any atom is 0.310 e. The summed E-state index contributed by atoms with van der Waals surface area (Å²) in [5.74, 6) is -1.01. The van der Waals surface area contributed by atoms with Gasteiger partial charge in [0, 0.05) is 0 Å². The van der Waals surface area contributed by atoms with Crippen molar-refractivity contribution < 1.29 is 37.9 Å². The van der Waals surface area contributed by atoms with Crippen LogP contribution in [0.1, 0.15) is 55.8 Å². The summed E-state index contributed by atoms with van der Waals surface area (Å²) in [5.41, 5.74) is 1.41. The number of carboxylic acids is 1. The fourth-order valence-electron chi connectivity index (χ4n) is 2.88. The standard InChI is InChI=1S/C14H14O4S.C11H8O4S/c1-9(2)18-13(15)7-10-6-12(19-8-10)14(16)11-4-3-5-17-11;12-10(13)5-7-4-9(16-6-7)11(14)8-2-1-3-15-8/h3-6,8-9H,7H2,1-2H3;1-4,6H,5H2,(H,12,13). The molecule has 182 valence electrons. The van der Waals surface area contributed by atoms with Gasteiger partial charge in [0.1, 0.15) is 0 Å². The van der Waals surface area contributed by atoms with E-state index in [0.29, 0.717) is 21.1 Å². The third-order valence-corrected chi connectivity index (χ3v) is 6.27. The number of aliphatic carboxylic acids is 1. The second-order valence-electron chi connectivity index (χ2n) is 7.54. The summed E-state index contributed by atoms with van der Waals surface area (Å²) in [6, 6.07) is 9.80. The predicted octanol–water partition coefficient (Wildman–Crippen LogP) is 5.27. The van der Waals surface area contributed by atoms with Crippen molar-refractivity contribution in [2.45, 2.75) is 32.8 Å². The second-order valence-corrected chi connectivity index (χ2v) is 9.36. The van der Waals surface area contributed by atoms with Crippen molar-refractivity contribution in [3.05, 3.63) is 92.1 Å². The number of carbonyl (C=O) groups excluding carboxylic acids is 3. The van der Waals surface area contributed by atoms with E-state index < -0.39 is 5.97 Å². The molecule has 1 N–H and O–H groups in total. The van der Waals surface area contributed by atoms with Gasteiger partial charge in [-0.3, -0.25) is 19.2 Å². The van der Waals surface area contributed by atoms with Gasteiger partial charge in [0.25, 0.3) is 0 Å². The third-order valence-electron chi connectivity index (χ3n) is 4.32. The lowest BCUT2D eigenvalue weighted by Gasteiger charge is -2.06. The highest BCUT2D eigenvalue weighted by Crippen LogP contribution is 2.21. The van der Waals surface area contributed by atoms with Gasteiger partial charge in [-0.15, -0.1) is 22.7 Å². The van der Waals surface area contributed by atoms with Gasteiger partial charge in [0.2, 0.25) is 11.6 Å². The summed E-state index contributed by atoms with van der Waals surface area (Å²) in [6.07, 6.45) is 2.87. The summed E-state index contributed by atoms with van der Waals surface area (Å²) < 4.78 is 15.1. The zero-order valence-electron chi connectivity index (χ0n) is 18.9. The fourth-order valence-corrected chi connectivity index (χ4v) is 4.59. The van der Waals surface area contributed by atoms with Crippen LogP contribution in [0.5, 0.6) is 0 Å². The highest BCUT2D eigenvalue weighted by molar-refractivity contribution is 7.12. The van der Waals surface area contributed by atoms with Crippen LogP contribution in [-0.4, -0.2) is 34.7 Å². The van der Waals surface area contributed by atoms with E-state index in [4.69, 9.17) is 18.7 Å². The monoisotopic (exact) mass is 514 g/mol. The van der Waals surface area contributed by atoms with Crippen molar-refractivity contribution in [1.29, 1.82) is 0 Å². The maximum absolute atomic E-state index is 12.0. The topological polar surface area (TPSA) is 124 Å². The first-order valence-corrected chi connectivity index (χ1v) is 12.2. The van der Waals surface area contributed by atoms with E-state index in [1.165, 1.54) is 35.2 Å². The van der Waals surface area contributed by atoms with Crippen LogP contribution in [0.2, 0.25) is 0 Å². The van der Waals surface area contributed by atoms with Gasteiger partial charge in [0.05, 0.1) is 41.2 Å². The van der Waals surface area contributed by atoms with Gasteiger partial charge in [-0.25, -0.2) is 0 Å². The Hall–Kier alpha value is -3.76. The molecule has 0 atom stereocenters. The smallest absolute Gasteiger partial charge is 0.310 e. The molecular formula is C25H22O8S2. The van der Waals surface area contributed by atoms with E-state index >= 15 is 0 Å². The van der Waals surface area contributed by atoms with E-state index in [1.54, 1.807) is 61.0 Å².